The molecule has 0 N–H and O–H groups in total. The van der Waals surface area contributed by atoms with Gasteiger partial charge in [0.1, 0.15) is 5.54 Å². The molecule has 6 nitrogen and oxygen atoms in total. The average molecular weight is 428 g/mol. The number of benzene rings is 1. The van der Waals surface area contributed by atoms with E-state index in [0.717, 1.165) is 43.5 Å². The third-order valence-corrected chi connectivity index (χ3v) is 7.27. The predicted octanol–water partition coefficient (Wildman–Crippen LogP) is 3.69. The lowest BCUT2D eigenvalue weighted by atomic mass is 9.85. The average Bonchev–Trinajstić information content (AvgIpc) is 3.39. The molecule has 30 heavy (non-hydrogen) atoms. The van der Waals surface area contributed by atoms with Crippen LogP contribution in [0.1, 0.15) is 36.4 Å². The van der Waals surface area contributed by atoms with Gasteiger partial charge in [-0.1, -0.05) is 17.7 Å². The first-order valence-corrected chi connectivity index (χ1v) is 10.8. The number of carbonyl (C=O) groups is 1. The van der Waals surface area contributed by atoms with Gasteiger partial charge in [-0.25, -0.2) is 0 Å². The van der Waals surface area contributed by atoms with Gasteiger partial charge in [0, 0.05) is 54.1 Å². The summed E-state index contributed by atoms with van der Waals surface area (Å²) in [7, 11) is 3.28. The molecule has 1 aromatic heterocycles. The molecule has 5 rings (SSSR count). The maximum atomic E-state index is 13.7. The highest BCUT2D eigenvalue weighted by molar-refractivity contribution is 6.30. The van der Waals surface area contributed by atoms with Crippen molar-refractivity contribution < 1.29 is 14.3 Å². The third kappa shape index (κ3) is 2.81. The SMILES string of the molecule is COc1cc(Cl)cc([C@@H]2C[C@H]3CN(Cc4cccnc4)C(=O)[C@]34CCCN24)c1OC. The topological polar surface area (TPSA) is 54.9 Å². The van der Waals surface area contributed by atoms with Crippen LogP contribution < -0.4 is 9.47 Å². The molecule has 1 amide bonds. The Morgan fingerprint density at radius 3 is 2.90 bits per heavy atom. The van der Waals surface area contributed by atoms with Gasteiger partial charge >= 0.3 is 0 Å². The largest absolute Gasteiger partial charge is 0.493 e. The van der Waals surface area contributed by atoms with E-state index >= 15 is 0 Å². The molecule has 1 spiro atoms. The summed E-state index contributed by atoms with van der Waals surface area (Å²) >= 11 is 6.40. The number of rotatable bonds is 5. The zero-order valence-corrected chi connectivity index (χ0v) is 18.1. The van der Waals surface area contributed by atoms with Crippen molar-refractivity contribution in [1.29, 1.82) is 0 Å². The lowest BCUT2D eigenvalue weighted by Crippen LogP contribution is -2.49. The van der Waals surface area contributed by atoms with Crippen LogP contribution in [0.5, 0.6) is 11.5 Å². The molecule has 0 saturated carbocycles. The molecule has 0 unspecified atom stereocenters. The fourth-order valence-electron chi connectivity index (χ4n) is 5.93. The van der Waals surface area contributed by atoms with Gasteiger partial charge in [-0.3, -0.25) is 14.7 Å². The van der Waals surface area contributed by atoms with Crippen LogP contribution in [0.15, 0.2) is 36.7 Å². The fourth-order valence-corrected chi connectivity index (χ4v) is 6.15. The second kappa shape index (κ2) is 7.43. The minimum atomic E-state index is -0.409. The number of methoxy groups -OCH3 is 2. The van der Waals surface area contributed by atoms with E-state index in [1.165, 1.54) is 0 Å². The smallest absolute Gasteiger partial charge is 0.243 e. The van der Waals surface area contributed by atoms with Crippen molar-refractivity contribution in [3.63, 3.8) is 0 Å². The summed E-state index contributed by atoms with van der Waals surface area (Å²) in [5, 5.41) is 0.623. The Bertz CT molecular complexity index is 970. The van der Waals surface area contributed by atoms with E-state index in [9.17, 15) is 4.79 Å². The van der Waals surface area contributed by atoms with Gasteiger partial charge in [0.25, 0.3) is 0 Å². The molecule has 158 valence electrons. The highest BCUT2D eigenvalue weighted by atomic mass is 35.5. The number of hydrogen-bond acceptors (Lipinski definition) is 5. The molecule has 1 aromatic carbocycles. The second-order valence-corrected chi connectivity index (χ2v) is 8.88. The van der Waals surface area contributed by atoms with E-state index < -0.39 is 5.54 Å². The van der Waals surface area contributed by atoms with E-state index in [1.807, 2.05) is 29.3 Å². The number of carbonyl (C=O) groups excluding carboxylic acids is 1. The van der Waals surface area contributed by atoms with Crippen LogP contribution in [0.4, 0.5) is 0 Å². The standard InChI is InChI=1S/C23H26ClN3O3/c1-29-20-11-17(24)10-18(21(20)30-2)19-9-16-14-26(13-15-5-3-7-25-12-15)22(28)23(16)6-4-8-27(19)23/h3,5,7,10-12,16,19H,4,6,8-9,13-14H2,1-2H3/t16-,19-,23-/m0/s1. The molecule has 2 aromatic rings. The fraction of sp³-hybridized carbons (Fsp3) is 0.478. The van der Waals surface area contributed by atoms with E-state index in [-0.39, 0.29) is 11.9 Å². The Morgan fingerprint density at radius 2 is 2.17 bits per heavy atom. The molecule has 3 aliphatic rings. The van der Waals surface area contributed by atoms with Gasteiger partial charge < -0.3 is 14.4 Å². The first-order valence-electron chi connectivity index (χ1n) is 10.4. The van der Waals surface area contributed by atoms with E-state index in [2.05, 4.69) is 9.88 Å². The number of ether oxygens (including phenoxy) is 2. The van der Waals surface area contributed by atoms with Crippen molar-refractivity contribution in [1.82, 2.24) is 14.8 Å². The van der Waals surface area contributed by atoms with Crippen molar-refractivity contribution in [3.05, 3.63) is 52.8 Å². The molecule has 3 fully saturated rings. The van der Waals surface area contributed by atoms with Crippen molar-refractivity contribution in [2.24, 2.45) is 5.92 Å². The summed E-state index contributed by atoms with van der Waals surface area (Å²) in [6.45, 7) is 2.31. The molecule has 4 heterocycles. The van der Waals surface area contributed by atoms with Crippen LogP contribution in [-0.4, -0.2) is 53.5 Å². The quantitative estimate of drug-likeness (QED) is 0.728. The van der Waals surface area contributed by atoms with Gasteiger partial charge in [-0.05, 0) is 43.5 Å². The molecule has 7 heteroatoms. The first kappa shape index (κ1) is 19.6. The molecule has 3 saturated heterocycles. The van der Waals surface area contributed by atoms with Gasteiger partial charge in [-0.15, -0.1) is 0 Å². The third-order valence-electron chi connectivity index (χ3n) is 7.05. The summed E-state index contributed by atoms with van der Waals surface area (Å²) in [6.07, 6.45) is 6.46. The molecule has 3 atom stereocenters. The van der Waals surface area contributed by atoms with Gasteiger partial charge in [0.15, 0.2) is 11.5 Å². The second-order valence-electron chi connectivity index (χ2n) is 8.45. The first-order chi connectivity index (χ1) is 14.6. The van der Waals surface area contributed by atoms with Crippen molar-refractivity contribution in [3.8, 4) is 11.5 Å². The highest BCUT2D eigenvalue weighted by Gasteiger charge is 2.65. The van der Waals surface area contributed by atoms with Gasteiger partial charge in [0.2, 0.25) is 5.91 Å². The van der Waals surface area contributed by atoms with Crippen LogP contribution >= 0.6 is 11.6 Å². The van der Waals surface area contributed by atoms with Crippen molar-refractivity contribution >= 4 is 17.5 Å². The van der Waals surface area contributed by atoms with E-state index in [4.69, 9.17) is 21.1 Å². The van der Waals surface area contributed by atoms with Gasteiger partial charge in [0.05, 0.1) is 14.2 Å². The highest BCUT2D eigenvalue weighted by Crippen LogP contribution is 2.58. The molecular formula is C23H26ClN3O3. The van der Waals surface area contributed by atoms with E-state index in [1.54, 1.807) is 26.5 Å². The van der Waals surface area contributed by atoms with E-state index in [0.29, 0.717) is 29.0 Å². The summed E-state index contributed by atoms with van der Waals surface area (Å²) in [5.74, 6) is 1.90. The lowest BCUT2D eigenvalue weighted by molar-refractivity contribution is -0.137. The molecule has 0 aliphatic carbocycles. The number of pyridine rings is 1. The van der Waals surface area contributed by atoms with Crippen molar-refractivity contribution in [2.75, 3.05) is 27.3 Å². The zero-order chi connectivity index (χ0) is 20.9. The van der Waals surface area contributed by atoms with Crippen LogP contribution in [-0.2, 0) is 11.3 Å². The molecule has 0 bridgehead atoms. The molecular weight excluding hydrogens is 402 g/mol. The maximum Gasteiger partial charge on any atom is 0.243 e. The Kier molecular flexibility index (Phi) is 4.86. The minimum absolute atomic E-state index is 0.101. The number of hydrogen-bond donors (Lipinski definition) is 0. The Morgan fingerprint density at radius 1 is 1.30 bits per heavy atom. The van der Waals surface area contributed by atoms with Crippen LogP contribution in [0.25, 0.3) is 0 Å². The minimum Gasteiger partial charge on any atom is -0.493 e. The number of likely N-dealkylation sites (tertiary alicyclic amines) is 1. The molecule has 3 aliphatic heterocycles. The van der Waals surface area contributed by atoms with Crippen LogP contribution in [0, 0.1) is 5.92 Å². The Labute approximate surface area is 181 Å². The monoisotopic (exact) mass is 427 g/mol. The number of halogens is 1. The zero-order valence-electron chi connectivity index (χ0n) is 17.3. The van der Waals surface area contributed by atoms with Gasteiger partial charge in [-0.2, -0.15) is 0 Å². The Balaban J connectivity index is 1.48. The molecule has 0 radical (unpaired) electrons. The number of amides is 1. The lowest BCUT2D eigenvalue weighted by Gasteiger charge is -2.34. The van der Waals surface area contributed by atoms with Crippen LogP contribution in [0.3, 0.4) is 0 Å². The summed E-state index contributed by atoms with van der Waals surface area (Å²) in [6, 6.07) is 7.80. The van der Waals surface area contributed by atoms with Crippen molar-refractivity contribution in [2.45, 2.75) is 37.4 Å². The summed E-state index contributed by atoms with van der Waals surface area (Å²) in [4.78, 5) is 22.3. The normalized spacial score (nSPS) is 28.0. The summed E-state index contributed by atoms with van der Waals surface area (Å²) < 4.78 is 11.2. The van der Waals surface area contributed by atoms with Crippen LogP contribution in [0.2, 0.25) is 5.02 Å². The maximum absolute atomic E-state index is 13.7. The predicted molar refractivity (Wildman–Crippen MR) is 114 cm³/mol. The number of nitrogens with zero attached hydrogens (tertiary/aromatic N) is 3. The Hall–Kier alpha value is -2.31. The summed E-state index contributed by atoms with van der Waals surface area (Å²) in [5.41, 5.74) is 1.68. The number of aromatic nitrogens is 1.